The summed E-state index contributed by atoms with van der Waals surface area (Å²) in [6.45, 7) is 0. The summed E-state index contributed by atoms with van der Waals surface area (Å²) in [6.07, 6.45) is -36.8. The van der Waals surface area contributed by atoms with Crippen LogP contribution in [0.2, 0.25) is 0 Å². The molecular formula is C52H42EuF12O6P2Tb. The number of halogens is 12. The molecule has 0 aliphatic carbocycles. The summed E-state index contributed by atoms with van der Waals surface area (Å²) in [5.41, 5.74) is 0. The van der Waals surface area contributed by atoms with Crippen LogP contribution in [0.15, 0.2) is 182 Å². The second-order valence-electron chi connectivity index (χ2n) is 16.3. The SMILES string of the molecule is O=P(c1ccccc1)(c1ccccc1)c1ccc2c3ccc(P(=O)(c4ccccc4)c4ccccc4)cc3c3ccccc3c2c1.OC(CC(O)C(F)(F)F)C(F)(F)F.OC(CC(O)C(F)(F)F)C(F)(F)F.[Eu].[Tb]. The largest absolute Gasteiger partial charge is 0.414 e. The van der Waals surface area contributed by atoms with Gasteiger partial charge in [0.05, 0.1) is 0 Å². The van der Waals surface area contributed by atoms with Crippen LogP contribution in [0.5, 0.6) is 0 Å². The fourth-order valence-corrected chi connectivity index (χ4v) is 13.1. The minimum Gasteiger partial charge on any atom is -0.384 e. The Labute approximate surface area is 487 Å². The number of rotatable bonds is 10. The van der Waals surface area contributed by atoms with Gasteiger partial charge in [-0.05, 0) is 44.5 Å². The summed E-state index contributed by atoms with van der Waals surface area (Å²) in [5, 5.41) is 43.8. The van der Waals surface area contributed by atoms with Crippen molar-refractivity contribution in [2.24, 2.45) is 0 Å². The van der Waals surface area contributed by atoms with Gasteiger partial charge in [0, 0.05) is 133 Å². The first-order valence-corrected chi connectivity index (χ1v) is 24.9. The molecule has 0 bridgehead atoms. The Morgan fingerprint density at radius 2 is 0.514 bits per heavy atom. The molecule has 6 nitrogen and oxygen atoms in total. The Kier molecular flexibility index (Phi) is 22.3. The minimum absolute atomic E-state index is 0. The van der Waals surface area contributed by atoms with Crippen LogP contribution in [0.1, 0.15) is 12.8 Å². The average molecular weight is 1360 g/mol. The summed E-state index contributed by atoms with van der Waals surface area (Å²) in [5.74, 6) is 0. The molecule has 74 heavy (non-hydrogen) atoms. The van der Waals surface area contributed by atoms with Gasteiger partial charge in [-0.15, -0.1) is 0 Å². The molecule has 2 radical (unpaired) electrons. The van der Waals surface area contributed by atoms with Crippen molar-refractivity contribution in [1.82, 2.24) is 0 Å². The van der Waals surface area contributed by atoms with E-state index >= 15 is 9.13 Å². The molecule has 4 N–H and O–H groups in total. The van der Waals surface area contributed by atoms with Gasteiger partial charge < -0.3 is 29.6 Å². The molecule has 8 aromatic carbocycles. The van der Waals surface area contributed by atoms with E-state index in [1.54, 1.807) is 0 Å². The molecule has 0 aromatic heterocycles. The van der Waals surface area contributed by atoms with Crippen molar-refractivity contribution in [1.29, 1.82) is 0 Å². The Morgan fingerprint density at radius 3 is 0.730 bits per heavy atom. The zero-order valence-electron chi connectivity index (χ0n) is 37.8. The predicted octanol–water partition coefficient (Wildman–Crippen LogP) is 10.9. The van der Waals surface area contributed by atoms with Crippen LogP contribution in [0.25, 0.3) is 32.3 Å². The Balaban J connectivity index is 0.000000352. The number of hydrogen-bond donors (Lipinski definition) is 4. The van der Waals surface area contributed by atoms with Gasteiger partial charge >= 0.3 is 24.7 Å². The maximum atomic E-state index is 15.3. The van der Waals surface area contributed by atoms with Gasteiger partial charge in [0.25, 0.3) is 0 Å². The molecule has 396 valence electrons. The van der Waals surface area contributed by atoms with Crippen LogP contribution in [0.4, 0.5) is 52.7 Å². The molecule has 22 heteroatoms. The number of aliphatic hydroxyl groups is 4. The van der Waals surface area contributed by atoms with Gasteiger partial charge in [-0.1, -0.05) is 170 Å². The summed E-state index contributed by atoms with van der Waals surface area (Å²) < 4.78 is 168. The number of benzene rings is 8. The van der Waals surface area contributed by atoms with Gasteiger partial charge in [-0.2, -0.15) is 52.7 Å². The second kappa shape index (κ2) is 26.0. The first kappa shape index (κ1) is 63.4. The topological polar surface area (TPSA) is 115 Å². The van der Waals surface area contributed by atoms with Crippen molar-refractivity contribution in [2.75, 3.05) is 0 Å². The van der Waals surface area contributed by atoms with E-state index in [0.717, 1.165) is 64.1 Å². The molecule has 4 unspecified atom stereocenters. The van der Waals surface area contributed by atoms with E-state index in [0.29, 0.717) is 0 Å². The standard InChI is InChI=1S/C42H30O2P2.2C5H6F6O2.Eu.Tb/c43-45(31-15-5-1-6-16-31,32-17-7-2-8-18-32)35-25-27-39-40-28-26-36(30-42(40)38-24-14-13-23-37(38)41(39)29-35)46(44,33-19-9-3-10-20-33)34-21-11-4-12-22-34;2*6-4(7,8)2(12)1-3(13)5(9,10)11;;/h1-30H;2*2-3,12-13H,1H2;;. The second-order valence-corrected chi connectivity index (χ2v) is 21.8. The molecule has 4 atom stereocenters. The Bertz CT molecular complexity index is 2830. The van der Waals surface area contributed by atoms with Crippen molar-refractivity contribution in [3.63, 3.8) is 0 Å². The van der Waals surface area contributed by atoms with Crippen molar-refractivity contribution >= 4 is 78.4 Å². The molecular weight excluding hydrogens is 1320 g/mol. The summed E-state index contributed by atoms with van der Waals surface area (Å²) in [7, 11) is -6.31. The van der Waals surface area contributed by atoms with Crippen molar-refractivity contribution in [3.8, 4) is 0 Å². The summed E-state index contributed by atoms with van der Waals surface area (Å²) >= 11 is 0. The van der Waals surface area contributed by atoms with Crippen molar-refractivity contribution in [2.45, 2.75) is 62.0 Å². The van der Waals surface area contributed by atoms with Gasteiger partial charge in [0.1, 0.15) is 0 Å². The number of fused-ring (bicyclic) bond motifs is 6. The summed E-state index contributed by atoms with van der Waals surface area (Å²) in [4.78, 5) is 0. The van der Waals surface area contributed by atoms with Crippen LogP contribution < -0.4 is 31.8 Å². The van der Waals surface area contributed by atoms with Crippen molar-refractivity contribution < 1.29 is 170 Å². The molecule has 0 spiro atoms. The number of aliphatic hydroxyl groups excluding tert-OH is 4. The first-order chi connectivity index (χ1) is 33.7. The molecule has 0 aliphatic heterocycles. The van der Waals surface area contributed by atoms with E-state index in [4.69, 9.17) is 20.4 Å². The predicted molar refractivity (Wildman–Crippen MR) is 255 cm³/mol. The van der Waals surface area contributed by atoms with Crippen LogP contribution >= 0.6 is 14.3 Å². The summed E-state index contributed by atoms with van der Waals surface area (Å²) in [6, 6.07) is 60.2. The molecule has 0 aliphatic rings. The smallest absolute Gasteiger partial charge is 0.384 e. The van der Waals surface area contributed by atoms with E-state index in [-0.39, 0.29) is 88.0 Å². The maximum Gasteiger partial charge on any atom is 0.414 e. The number of hydrogen-bond acceptors (Lipinski definition) is 6. The molecule has 0 saturated heterocycles. The minimum atomic E-state index is -5.15. The zero-order valence-corrected chi connectivity index (χ0v) is 44.1. The van der Waals surface area contributed by atoms with Crippen LogP contribution in [0.3, 0.4) is 0 Å². The van der Waals surface area contributed by atoms with E-state index in [2.05, 4.69) is 48.5 Å². The van der Waals surface area contributed by atoms with Crippen LogP contribution in [0, 0.1) is 88.0 Å². The third-order valence-electron chi connectivity index (χ3n) is 11.4. The normalized spacial score (nSPS) is 14.0. The monoisotopic (exact) mass is 1360 g/mol. The van der Waals surface area contributed by atoms with Crippen molar-refractivity contribution in [3.05, 3.63) is 182 Å². The molecule has 8 rings (SSSR count). The Hall–Kier alpha value is -3.13. The van der Waals surface area contributed by atoms with E-state index < -0.39 is 76.2 Å². The molecule has 0 heterocycles. The van der Waals surface area contributed by atoms with Gasteiger partial charge in [-0.3, -0.25) is 0 Å². The van der Waals surface area contributed by atoms with E-state index in [1.807, 2.05) is 133 Å². The van der Waals surface area contributed by atoms with Gasteiger partial charge in [-0.25, -0.2) is 0 Å². The average Bonchev–Trinajstić information content (AvgIpc) is 3.36. The van der Waals surface area contributed by atoms with Gasteiger partial charge in [0.15, 0.2) is 38.7 Å². The third-order valence-corrected chi connectivity index (χ3v) is 17.5. The van der Waals surface area contributed by atoms with E-state index in [1.165, 1.54) is 0 Å². The third kappa shape index (κ3) is 14.9. The number of alkyl halides is 12. The quantitative estimate of drug-likeness (QED) is 0.0616. The molecule has 0 amide bonds. The van der Waals surface area contributed by atoms with E-state index in [9.17, 15) is 52.7 Å². The van der Waals surface area contributed by atoms with Gasteiger partial charge in [0.2, 0.25) is 0 Å². The fraction of sp³-hybridized carbons (Fsp3) is 0.192. The zero-order chi connectivity index (χ0) is 52.9. The molecule has 0 fully saturated rings. The van der Waals surface area contributed by atoms with Crippen LogP contribution in [-0.2, 0) is 9.13 Å². The maximum absolute atomic E-state index is 15.3. The first-order valence-electron chi connectivity index (χ1n) is 21.5. The molecule has 8 aromatic rings. The Morgan fingerprint density at radius 1 is 0.311 bits per heavy atom. The fourth-order valence-electron chi connectivity index (χ4n) is 7.73. The molecule has 0 saturated carbocycles. The van der Waals surface area contributed by atoms with Crippen LogP contribution in [-0.4, -0.2) is 69.5 Å².